The SMILES string of the molecule is COc1ccc(/C(=N\OCCN2CCCCCC2)c2cccc3ccccc23)cc1.O=C(O)C(=O)O. The molecule has 3 aromatic carbocycles. The normalized spacial score (nSPS) is 14.3. The second-order valence-corrected chi connectivity index (χ2v) is 8.39. The van der Waals surface area contributed by atoms with E-state index in [4.69, 9.17) is 29.4 Å². The molecule has 0 atom stereocenters. The van der Waals surface area contributed by atoms with Crippen LogP contribution in [0.4, 0.5) is 0 Å². The number of carboxylic acid groups (broad SMARTS) is 2. The highest BCUT2D eigenvalue weighted by atomic mass is 16.6. The lowest BCUT2D eigenvalue weighted by molar-refractivity contribution is -0.159. The first-order valence-electron chi connectivity index (χ1n) is 12.0. The summed E-state index contributed by atoms with van der Waals surface area (Å²) in [5.41, 5.74) is 2.94. The number of rotatable bonds is 7. The number of likely N-dealkylation sites (tertiary alicyclic amines) is 1. The summed E-state index contributed by atoms with van der Waals surface area (Å²) in [6.07, 6.45) is 5.27. The minimum absolute atomic E-state index is 0.602. The molecule has 36 heavy (non-hydrogen) atoms. The van der Waals surface area contributed by atoms with Crippen molar-refractivity contribution in [3.63, 3.8) is 0 Å². The summed E-state index contributed by atoms with van der Waals surface area (Å²) in [7, 11) is 1.68. The maximum Gasteiger partial charge on any atom is 0.414 e. The smallest absolute Gasteiger partial charge is 0.414 e. The first-order valence-corrected chi connectivity index (χ1v) is 12.0. The van der Waals surface area contributed by atoms with Crippen LogP contribution in [0.15, 0.2) is 71.9 Å². The first kappa shape index (κ1) is 26.7. The summed E-state index contributed by atoms with van der Waals surface area (Å²) in [5.74, 6) is -2.82. The van der Waals surface area contributed by atoms with Gasteiger partial charge in [-0.15, -0.1) is 0 Å². The average molecular weight is 493 g/mol. The van der Waals surface area contributed by atoms with E-state index < -0.39 is 11.9 Å². The molecule has 0 amide bonds. The predicted octanol–water partition coefficient (Wildman–Crippen LogP) is 4.65. The fraction of sp³-hybridized carbons (Fsp3) is 0.321. The summed E-state index contributed by atoms with van der Waals surface area (Å²) in [5, 5.41) is 21.8. The number of ether oxygens (including phenoxy) is 1. The van der Waals surface area contributed by atoms with Crippen LogP contribution in [0.2, 0.25) is 0 Å². The largest absolute Gasteiger partial charge is 0.497 e. The molecule has 8 nitrogen and oxygen atoms in total. The number of fused-ring (bicyclic) bond motifs is 1. The zero-order valence-corrected chi connectivity index (χ0v) is 20.4. The van der Waals surface area contributed by atoms with Crippen LogP contribution in [-0.4, -0.2) is 66.1 Å². The highest BCUT2D eigenvalue weighted by molar-refractivity contribution is 6.27. The van der Waals surface area contributed by atoms with Crippen molar-refractivity contribution < 1.29 is 29.4 Å². The molecule has 4 rings (SSSR count). The van der Waals surface area contributed by atoms with Crippen LogP contribution in [0.3, 0.4) is 0 Å². The van der Waals surface area contributed by atoms with Gasteiger partial charge in [0.05, 0.1) is 7.11 Å². The summed E-state index contributed by atoms with van der Waals surface area (Å²) in [6, 6.07) is 22.7. The van der Waals surface area contributed by atoms with Gasteiger partial charge < -0.3 is 19.8 Å². The van der Waals surface area contributed by atoms with E-state index in [1.54, 1.807) is 7.11 Å². The molecule has 0 bridgehead atoms. The highest BCUT2D eigenvalue weighted by Gasteiger charge is 2.13. The van der Waals surface area contributed by atoms with Gasteiger partial charge in [-0.1, -0.05) is 60.5 Å². The van der Waals surface area contributed by atoms with Crippen LogP contribution in [0, 0.1) is 0 Å². The van der Waals surface area contributed by atoms with Gasteiger partial charge in [-0.25, -0.2) is 9.59 Å². The topological polar surface area (TPSA) is 109 Å². The van der Waals surface area contributed by atoms with E-state index in [0.717, 1.165) is 29.1 Å². The second kappa shape index (κ2) is 13.8. The number of oxime groups is 1. The van der Waals surface area contributed by atoms with Gasteiger partial charge in [-0.3, -0.25) is 4.90 Å². The lowest BCUT2D eigenvalue weighted by Crippen LogP contribution is -2.28. The van der Waals surface area contributed by atoms with Crippen LogP contribution in [-0.2, 0) is 14.4 Å². The third-order valence-electron chi connectivity index (χ3n) is 5.94. The van der Waals surface area contributed by atoms with Crippen LogP contribution in [0.5, 0.6) is 5.75 Å². The summed E-state index contributed by atoms with van der Waals surface area (Å²) in [4.78, 5) is 26.6. The van der Waals surface area contributed by atoms with E-state index in [-0.39, 0.29) is 0 Å². The summed E-state index contributed by atoms with van der Waals surface area (Å²) < 4.78 is 5.32. The molecule has 0 aromatic heterocycles. The number of hydrogen-bond donors (Lipinski definition) is 2. The number of methoxy groups -OCH3 is 1. The quantitative estimate of drug-likeness (QED) is 0.214. The van der Waals surface area contributed by atoms with Crippen molar-refractivity contribution in [3.05, 3.63) is 77.9 Å². The van der Waals surface area contributed by atoms with Crippen molar-refractivity contribution in [2.45, 2.75) is 25.7 Å². The van der Waals surface area contributed by atoms with E-state index in [9.17, 15) is 0 Å². The Morgan fingerprint density at radius 1 is 0.861 bits per heavy atom. The zero-order valence-electron chi connectivity index (χ0n) is 20.4. The molecule has 8 heteroatoms. The van der Waals surface area contributed by atoms with E-state index in [0.29, 0.717) is 6.61 Å². The second-order valence-electron chi connectivity index (χ2n) is 8.39. The van der Waals surface area contributed by atoms with Crippen LogP contribution < -0.4 is 4.74 Å². The van der Waals surface area contributed by atoms with Crippen molar-refractivity contribution in [1.29, 1.82) is 0 Å². The molecule has 1 fully saturated rings. The van der Waals surface area contributed by atoms with Crippen molar-refractivity contribution in [3.8, 4) is 5.75 Å². The molecular formula is C28H32N2O6. The lowest BCUT2D eigenvalue weighted by Gasteiger charge is -2.18. The van der Waals surface area contributed by atoms with Crippen LogP contribution in [0.25, 0.3) is 10.8 Å². The molecule has 2 N–H and O–H groups in total. The summed E-state index contributed by atoms with van der Waals surface area (Å²) in [6.45, 7) is 3.86. The Balaban J connectivity index is 0.000000538. The van der Waals surface area contributed by atoms with Crippen molar-refractivity contribution >= 4 is 28.4 Å². The van der Waals surface area contributed by atoms with E-state index in [1.165, 1.54) is 49.5 Å². The van der Waals surface area contributed by atoms with E-state index in [1.807, 2.05) is 24.3 Å². The Morgan fingerprint density at radius 2 is 1.50 bits per heavy atom. The maximum absolute atomic E-state index is 9.10. The lowest BCUT2D eigenvalue weighted by atomic mass is 9.96. The summed E-state index contributed by atoms with van der Waals surface area (Å²) >= 11 is 0. The van der Waals surface area contributed by atoms with Gasteiger partial charge in [-0.2, -0.15) is 0 Å². The number of benzene rings is 3. The molecule has 3 aromatic rings. The molecule has 1 aliphatic rings. The van der Waals surface area contributed by atoms with Crippen LogP contribution >= 0.6 is 0 Å². The molecule has 1 aliphatic heterocycles. The predicted molar refractivity (Wildman–Crippen MR) is 139 cm³/mol. The number of aliphatic carboxylic acids is 2. The first-order chi connectivity index (χ1) is 17.5. The molecule has 0 unspecified atom stereocenters. The Morgan fingerprint density at radius 3 is 2.14 bits per heavy atom. The van der Waals surface area contributed by atoms with Gasteiger partial charge in [0.2, 0.25) is 0 Å². The monoisotopic (exact) mass is 492 g/mol. The molecule has 0 radical (unpaired) electrons. The van der Waals surface area contributed by atoms with Crippen molar-refractivity contribution in [1.82, 2.24) is 4.90 Å². The van der Waals surface area contributed by atoms with E-state index in [2.05, 4.69) is 52.5 Å². The van der Waals surface area contributed by atoms with E-state index >= 15 is 0 Å². The van der Waals surface area contributed by atoms with Gasteiger partial charge in [0, 0.05) is 17.7 Å². The van der Waals surface area contributed by atoms with Gasteiger partial charge in [0.15, 0.2) is 0 Å². The number of carbonyl (C=O) groups is 2. The third kappa shape index (κ3) is 7.81. The minimum Gasteiger partial charge on any atom is -0.497 e. The van der Waals surface area contributed by atoms with Gasteiger partial charge in [0.1, 0.15) is 18.1 Å². The van der Waals surface area contributed by atoms with Gasteiger partial charge in [0.25, 0.3) is 0 Å². The molecule has 190 valence electrons. The Bertz CT molecular complexity index is 1150. The average Bonchev–Trinajstić information content (AvgIpc) is 3.18. The standard InChI is InChI=1S/C26H30N2O2.C2H2O4/c1-29-23-15-13-22(14-16-23)26(25-12-8-10-21-9-4-5-11-24(21)25)27-30-20-19-28-17-6-2-3-7-18-28;3-1(4)2(5)6/h4-5,8-16H,2-3,6-7,17-20H2,1H3;(H,3,4)(H,5,6)/b27-26+;. The van der Waals surface area contributed by atoms with Crippen molar-refractivity contribution in [2.24, 2.45) is 5.16 Å². The van der Waals surface area contributed by atoms with Crippen molar-refractivity contribution in [2.75, 3.05) is 33.4 Å². The number of nitrogens with zero attached hydrogens (tertiary/aromatic N) is 2. The molecule has 1 saturated heterocycles. The Hall–Kier alpha value is -3.91. The highest BCUT2D eigenvalue weighted by Crippen LogP contribution is 2.23. The zero-order chi connectivity index (χ0) is 25.8. The molecule has 0 spiro atoms. The Labute approximate surface area is 210 Å². The fourth-order valence-corrected chi connectivity index (χ4v) is 4.08. The fourth-order valence-electron chi connectivity index (χ4n) is 4.08. The van der Waals surface area contributed by atoms with Gasteiger partial charge >= 0.3 is 11.9 Å². The third-order valence-corrected chi connectivity index (χ3v) is 5.94. The molecule has 0 aliphatic carbocycles. The molecule has 1 heterocycles. The number of carboxylic acids is 2. The minimum atomic E-state index is -1.82. The molecular weight excluding hydrogens is 460 g/mol. The molecule has 0 saturated carbocycles. The number of hydrogen-bond acceptors (Lipinski definition) is 6. The van der Waals surface area contributed by atoms with Gasteiger partial charge in [-0.05, 0) is 61.0 Å². The Kier molecular flexibility index (Phi) is 10.3. The maximum atomic E-state index is 9.10. The van der Waals surface area contributed by atoms with Crippen LogP contribution in [0.1, 0.15) is 36.8 Å².